The zero-order valence-corrected chi connectivity index (χ0v) is 12.9. The Morgan fingerprint density at radius 2 is 1.88 bits per heavy atom. The van der Waals surface area contributed by atoms with E-state index >= 15 is 0 Å². The van der Waals surface area contributed by atoms with Gasteiger partial charge in [-0.3, -0.25) is 14.9 Å². The molecule has 0 saturated carbocycles. The topological polar surface area (TPSA) is 83.7 Å². The molecule has 0 aliphatic heterocycles. The van der Waals surface area contributed by atoms with E-state index in [1.807, 2.05) is 30.3 Å². The molecule has 0 fully saturated rings. The summed E-state index contributed by atoms with van der Waals surface area (Å²) in [5.41, 5.74) is 0.215. The number of hydrogen-bond acceptors (Lipinski definition) is 4. The molecule has 2 aromatic rings. The SMILES string of the molecule is O=C(c1cc(F)ccc1[N+](=O)[O-])N(CCO)CCc1ccccc1. The molecule has 1 N–H and O–H groups in total. The highest BCUT2D eigenvalue weighted by Gasteiger charge is 2.25. The molecule has 7 heteroatoms. The van der Waals surface area contributed by atoms with Crippen LogP contribution in [0.15, 0.2) is 48.5 Å². The van der Waals surface area contributed by atoms with Crippen LogP contribution in [0.3, 0.4) is 0 Å². The Kier molecular flexibility index (Phi) is 5.97. The monoisotopic (exact) mass is 332 g/mol. The number of aliphatic hydroxyl groups is 1. The number of aliphatic hydroxyl groups excluding tert-OH is 1. The lowest BCUT2D eigenvalue weighted by Crippen LogP contribution is -2.35. The Labute approximate surface area is 138 Å². The Bertz CT molecular complexity index is 722. The van der Waals surface area contributed by atoms with E-state index in [4.69, 9.17) is 5.11 Å². The van der Waals surface area contributed by atoms with Crippen LogP contribution in [0.1, 0.15) is 15.9 Å². The van der Waals surface area contributed by atoms with E-state index in [-0.39, 0.29) is 25.3 Å². The zero-order valence-electron chi connectivity index (χ0n) is 12.9. The second-order valence-corrected chi connectivity index (χ2v) is 5.17. The van der Waals surface area contributed by atoms with Gasteiger partial charge in [-0.05, 0) is 24.1 Å². The molecule has 0 atom stereocenters. The van der Waals surface area contributed by atoms with E-state index in [0.29, 0.717) is 6.42 Å². The van der Waals surface area contributed by atoms with Crippen molar-refractivity contribution in [1.29, 1.82) is 0 Å². The van der Waals surface area contributed by atoms with Crippen LogP contribution in [-0.2, 0) is 6.42 Å². The van der Waals surface area contributed by atoms with Crippen LogP contribution < -0.4 is 0 Å². The zero-order chi connectivity index (χ0) is 17.5. The normalized spacial score (nSPS) is 10.4. The first-order valence-electron chi connectivity index (χ1n) is 7.41. The van der Waals surface area contributed by atoms with Crippen molar-refractivity contribution >= 4 is 11.6 Å². The summed E-state index contributed by atoms with van der Waals surface area (Å²) in [5, 5.41) is 20.2. The van der Waals surface area contributed by atoms with Gasteiger partial charge in [-0.25, -0.2) is 4.39 Å². The maximum absolute atomic E-state index is 13.4. The molecule has 0 spiro atoms. The highest BCUT2D eigenvalue weighted by atomic mass is 19.1. The van der Waals surface area contributed by atoms with Gasteiger partial charge in [-0.15, -0.1) is 0 Å². The Hall–Kier alpha value is -2.80. The summed E-state index contributed by atoms with van der Waals surface area (Å²) in [6.45, 7) is -0.0138. The molecule has 0 bridgehead atoms. The van der Waals surface area contributed by atoms with Crippen LogP contribution in [0.4, 0.5) is 10.1 Å². The summed E-state index contributed by atoms with van der Waals surface area (Å²) >= 11 is 0. The summed E-state index contributed by atoms with van der Waals surface area (Å²) in [4.78, 5) is 24.2. The molecule has 24 heavy (non-hydrogen) atoms. The van der Waals surface area contributed by atoms with Crippen molar-refractivity contribution in [3.05, 3.63) is 75.6 Å². The third kappa shape index (κ3) is 4.36. The van der Waals surface area contributed by atoms with E-state index in [1.165, 1.54) is 4.90 Å². The van der Waals surface area contributed by atoms with Gasteiger partial charge in [0, 0.05) is 19.2 Å². The number of carbonyl (C=O) groups is 1. The Morgan fingerprint density at radius 1 is 1.17 bits per heavy atom. The minimum absolute atomic E-state index is 0.0132. The second kappa shape index (κ2) is 8.16. The molecule has 126 valence electrons. The molecule has 0 unspecified atom stereocenters. The van der Waals surface area contributed by atoms with Crippen LogP contribution in [-0.4, -0.2) is 40.5 Å². The lowest BCUT2D eigenvalue weighted by molar-refractivity contribution is -0.385. The first-order valence-corrected chi connectivity index (χ1v) is 7.41. The number of nitro benzene ring substituents is 1. The molecule has 0 aromatic heterocycles. The van der Waals surface area contributed by atoms with Gasteiger partial charge < -0.3 is 10.0 Å². The second-order valence-electron chi connectivity index (χ2n) is 5.17. The fourth-order valence-electron chi connectivity index (χ4n) is 2.35. The lowest BCUT2D eigenvalue weighted by Gasteiger charge is -2.22. The number of nitro groups is 1. The van der Waals surface area contributed by atoms with Crippen molar-refractivity contribution in [1.82, 2.24) is 4.90 Å². The van der Waals surface area contributed by atoms with Gasteiger partial charge >= 0.3 is 0 Å². The molecule has 1 amide bonds. The van der Waals surface area contributed by atoms with Gasteiger partial charge in [0.25, 0.3) is 11.6 Å². The van der Waals surface area contributed by atoms with E-state index in [1.54, 1.807) is 0 Å². The molecule has 0 heterocycles. The van der Waals surface area contributed by atoms with Crippen molar-refractivity contribution < 1.29 is 19.2 Å². The van der Waals surface area contributed by atoms with Crippen LogP contribution in [0.5, 0.6) is 0 Å². The first-order chi connectivity index (χ1) is 11.5. The number of carbonyl (C=O) groups excluding carboxylic acids is 1. The first kappa shape index (κ1) is 17.6. The average molecular weight is 332 g/mol. The van der Waals surface area contributed by atoms with Gasteiger partial charge in [0.1, 0.15) is 11.4 Å². The summed E-state index contributed by atoms with van der Waals surface area (Å²) in [5.74, 6) is -1.40. The van der Waals surface area contributed by atoms with E-state index < -0.39 is 22.3 Å². The highest BCUT2D eigenvalue weighted by molar-refractivity contribution is 5.98. The van der Waals surface area contributed by atoms with Crippen LogP contribution in [0.25, 0.3) is 0 Å². The van der Waals surface area contributed by atoms with Gasteiger partial charge in [0.05, 0.1) is 11.5 Å². The predicted octanol–water partition coefficient (Wildman–Crippen LogP) is 2.41. The molecule has 0 aliphatic rings. The molecule has 2 rings (SSSR count). The average Bonchev–Trinajstić information content (AvgIpc) is 2.58. The van der Waals surface area contributed by atoms with Crippen LogP contribution in [0, 0.1) is 15.9 Å². The van der Waals surface area contributed by atoms with Crippen molar-refractivity contribution in [2.75, 3.05) is 19.7 Å². The van der Waals surface area contributed by atoms with E-state index in [2.05, 4.69) is 0 Å². The summed E-state index contributed by atoms with van der Waals surface area (Å²) in [6, 6.07) is 12.2. The number of nitrogens with zero attached hydrogens (tertiary/aromatic N) is 2. The van der Waals surface area contributed by atoms with Crippen molar-refractivity contribution in [2.24, 2.45) is 0 Å². The molecule has 2 aromatic carbocycles. The lowest BCUT2D eigenvalue weighted by atomic mass is 10.1. The number of amides is 1. The number of hydrogen-bond donors (Lipinski definition) is 1. The fraction of sp³-hybridized carbons (Fsp3) is 0.235. The molecular weight excluding hydrogens is 315 g/mol. The number of benzene rings is 2. The number of halogens is 1. The van der Waals surface area contributed by atoms with Gasteiger partial charge in [-0.1, -0.05) is 30.3 Å². The van der Waals surface area contributed by atoms with Crippen LogP contribution in [0.2, 0.25) is 0 Å². The minimum atomic E-state index is -0.726. The summed E-state index contributed by atoms with van der Waals surface area (Å²) < 4.78 is 13.4. The maximum Gasteiger partial charge on any atom is 0.282 e. The third-order valence-electron chi connectivity index (χ3n) is 3.56. The Balaban J connectivity index is 2.22. The van der Waals surface area contributed by atoms with Gasteiger partial charge in [0.15, 0.2) is 0 Å². The van der Waals surface area contributed by atoms with Crippen molar-refractivity contribution in [2.45, 2.75) is 6.42 Å². The van der Waals surface area contributed by atoms with Crippen molar-refractivity contribution in [3.63, 3.8) is 0 Å². The molecule has 0 radical (unpaired) electrons. The van der Waals surface area contributed by atoms with E-state index in [0.717, 1.165) is 23.8 Å². The quantitative estimate of drug-likeness (QED) is 0.623. The van der Waals surface area contributed by atoms with Crippen LogP contribution >= 0.6 is 0 Å². The molecule has 0 saturated heterocycles. The summed E-state index contributed by atoms with van der Waals surface area (Å²) in [6.07, 6.45) is 0.524. The Morgan fingerprint density at radius 3 is 2.50 bits per heavy atom. The maximum atomic E-state index is 13.4. The highest BCUT2D eigenvalue weighted by Crippen LogP contribution is 2.21. The smallest absolute Gasteiger partial charge is 0.282 e. The predicted molar refractivity (Wildman–Crippen MR) is 86.2 cm³/mol. The van der Waals surface area contributed by atoms with Crippen molar-refractivity contribution in [3.8, 4) is 0 Å². The third-order valence-corrected chi connectivity index (χ3v) is 3.56. The summed E-state index contributed by atoms with van der Waals surface area (Å²) in [7, 11) is 0. The molecule has 0 aliphatic carbocycles. The van der Waals surface area contributed by atoms with E-state index in [9.17, 15) is 19.3 Å². The fourth-order valence-corrected chi connectivity index (χ4v) is 2.35. The number of rotatable bonds is 7. The minimum Gasteiger partial charge on any atom is -0.395 e. The molecule has 6 nitrogen and oxygen atoms in total. The van der Waals surface area contributed by atoms with Gasteiger partial charge in [0.2, 0.25) is 0 Å². The standard InChI is InChI=1S/C17H17FN2O4/c18-14-6-7-16(20(23)24)15(12-14)17(22)19(10-11-21)9-8-13-4-2-1-3-5-13/h1-7,12,21H,8-11H2. The van der Waals surface area contributed by atoms with Gasteiger partial charge in [-0.2, -0.15) is 0 Å². The molecular formula is C17H17FN2O4. The largest absolute Gasteiger partial charge is 0.395 e.